The van der Waals surface area contributed by atoms with Gasteiger partial charge in [-0.2, -0.15) is 0 Å². The van der Waals surface area contributed by atoms with Gasteiger partial charge in [0.05, 0.1) is 12.6 Å². The number of nitrogens with one attached hydrogen (secondary N) is 2. The number of rotatable bonds is 4. The number of hydrogen-bond donors (Lipinski definition) is 3. The highest BCUT2D eigenvalue weighted by Gasteiger charge is 2.26. The van der Waals surface area contributed by atoms with Crippen LogP contribution in [-0.2, 0) is 0 Å². The molecule has 2 amide bonds. The lowest BCUT2D eigenvalue weighted by Gasteiger charge is -2.28. The number of aliphatic hydroxyl groups is 1. The highest BCUT2D eigenvalue weighted by Crippen LogP contribution is 2.26. The zero-order valence-electron chi connectivity index (χ0n) is 12.6. The maximum atomic E-state index is 12.0. The molecule has 3 rings (SSSR count). The maximum Gasteiger partial charge on any atom is 0.319 e. The second-order valence-corrected chi connectivity index (χ2v) is 5.28. The van der Waals surface area contributed by atoms with E-state index >= 15 is 0 Å². The molecule has 1 heterocycles. The Labute approximate surface area is 135 Å². The van der Waals surface area contributed by atoms with Crippen molar-refractivity contribution < 1.29 is 9.90 Å². The highest BCUT2D eigenvalue weighted by molar-refractivity contribution is 5.80. The molecule has 23 heavy (non-hydrogen) atoms. The summed E-state index contributed by atoms with van der Waals surface area (Å²) in [6.45, 7) is -0.138. The van der Waals surface area contributed by atoms with E-state index in [9.17, 15) is 9.90 Å². The first kappa shape index (κ1) is 15.1. The Hall–Kier alpha value is -2.85. The van der Waals surface area contributed by atoms with Gasteiger partial charge in [0.2, 0.25) is 0 Å². The van der Waals surface area contributed by atoms with Crippen molar-refractivity contribution in [1.82, 2.24) is 10.6 Å². The van der Waals surface area contributed by atoms with Crippen molar-refractivity contribution in [3.63, 3.8) is 0 Å². The fourth-order valence-corrected chi connectivity index (χ4v) is 2.61. The van der Waals surface area contributed by atoms with Crippen LogP contribution >= 0.6 is 0 Å². The molecule has 2 aromatic rings. The largest absolute Gasteiger partial charge is 0.392 e. The average molecular weight is 306 g/mol. The van der Waals surface area contributed by atoms with E-state index in [-0.39, 0.29) is 18.7 Å². The fourth-order valence-electron chi connectivity index (χ4n) is 2.61. The van der Waals surface area contributed by atoms with Crippen molar-refractivity contribution in [2.24, 2.45) is 0 Å². The number of urea groups is 1. The Morgan fingerprint density at radius 3 is 2.26 bits per heavy atom. The first-order valence-corrected chi connectivity index (χ1v) is 7.47. The predicted octanol–water partition coefficient (Wildman–Crippen LogP) is 3.00. The average Bonchev–Trinajstić information content (AvgIpc) is 2.61. The molecular formula is C19H18N2O2. The van der Waals surface area contributed by atoms with Crippen molar-refractivity contribution in [1.29, 1.82) is 0 Å². The molecule has 0 radical (unpaired) electrons. The van der Waals surface area contributed by atoms with Gasteiger partial charge in [-0.1, -0.05) is 66.7 Å². The van der Waals surface area contributed by atoms with Crippen molar-refractivity contribution in [2.75, 3.05) is 6.61 Å². The molecule has 0 saturated heterocycles. The number of benzene rings is 2. The molecular weight excluding hydrogens is 288 g/mol. The topological polar surface area (TPSA) is 61.4 Å². The normalized spacial score (nSPS) is 18.0. The van der Waals surface area contributed by atoms with E-state index in [1.807, 2.05) is 72.8 Å². The molecule has 4 nitrogen and oxygen atoms in total. The van der Waals surface area contributed by atoms with Gasteiger partial charge in [-0.25, -0.2) is 4.79 Å². The second kappa shape index (κ2) is 6.94. The van der Waals surface area contributed by atoms with Crippen LogP contribution < -0.4 is 10.6 Å². The Balaban J connectivity index is 1.96. The molecule has 0 fully saturated rings. The van der Waals surface area contributed by atoms with E-state index in [1.54, 1.807) is 0 Å². The summed E-state index contributed by atoms with van der Waals surface area (Å²) < 4.78 is 0. The first-order chi connectivity index (χ1) is 11.3. The lowest BCUT2D eigenvalue weighted by atomic mass is 9.95. The van der Waals surface area contributed by atoms with E-state index in [0.717, 1.165) is 16.7 Å². The summed E-state index contributed by atoms with van der Waals surface area (Å²) in [7, 11) is 0. The monoisotopic (exact) mass is 306 g/mol. The summed E-state index contributed by atoms with van der Waals surface area (Å²) >= 11 is 0. The van der Waals surface area contributed by atoms with Crippen molar-refractivity contribution in [3.05, 3.63) is 89.1 Å². The van der Waals surface area contributed by atoms with Crippen LogP contribution in [0.1, 0.15) is 17.2 Å². The minimum absolute atomic E-state index is 0.138. The molecule has 1 aliphatic heterocycles. The molecule has 1 aliphatic rings. The maximum absolute atomic E-state index is 12.0. The van der Waals surface area contributed by atoms with E-state index in [1.165, 1.54) is 0 Å². The number of amides is 2. The number of carbonyl (C=O) groups is 1. The van der Waals surface area contributed by atoms with Gasteiger partial charge in [-0.3, -0.25) is 0 Å². The summed E-state index contributed by atoms with van der Waals surface area (Å²) in [4.78, 5) is 12.0. The second-order valence-electron chi connectivity index (χ2n) is 5.28. The lowest BCUT2D eigenvalue weighted by molar-refractivity contribution is 0.235. The van der Waals surface area contributed by atoms with Crippen molar-refractivity contribution in [2.45, 2.75) is 6.04 Å². The van der Waals surface area contributed by atoms with Gasteiger partial charge in [0.1, 0.15) is 0 Å². The molecule has 0 aliphatic carbocycles. The number of carbonyl (C=O) groups excluding carboxylic acids is 1. The van der Waals surface area contributed by atoms with Gasteiger partial charge in [0.15, 0.2) is 0 Å². The fraction of sp³-hybridized carbons (Fsp3) is 0.105. The molecule has 0 spiro atoms. The summed E-state index contributed by atoms with van der Waals surface area (Å²) in [5, 5.41) is 15.4. The Morgan fingerprint density at radius 2 is 1.61 bits per heavy atom. The molecule has 116 valence electrons. The molecule has 0 aromatic heterocycles. The van der Waals surface area contributed by atoms with E-state index in [4.69, 9.17) is 0 Å². The Bertz CT molecular complexity index is 736. The summed E-state index contributed by atoms with van der Waals surface area (Å²) in [6.07, 6.45) is 3.74. The quantitative estimate of drug-likeness (QED) is 0.813. The minimum atomic E-state index is -0.328. The van der Waals surface area contributed by atoms with Gasteiger partial charge >= 0.3 is 6.03 Å². The van der Waals surface area contributed by atoms with Crippen LogP contribution in [0.15, 0.2) is 78.0 Å². The molecule has 3 N–H and O–H groups in total. The SMILES string of the molecule is O=C1NC(/C=C/c2ccccc2)=C(CO)C(c2ccccc2)N1. The van der Waals surface area contributed by atoms with Gasteiger partial charge in [-0.15, -0.1) is 0 Å². The first-order valence-electron chi connectivity index (χ1n) is 7.47. The third kappa shape index (κ3) is 3.49. The van der Waals surface area contributed by atoms with Crippen LogP contribution in [0.2, 0.25) is 0 Å². The van der Waals surface area contributed by atoms with Crippen LogP contribution in [0.4, 0.5) is 4.79 Å². The molecule has 1 atom stereocenters. The number of allylic oxidation sites excluding steroid dienone is 1. The van der Waals surface area contributed by atoms with E-state index < -0.39 is 0 Å². The highest BCUT2D eigenvalue weighted by atomic mass is 16.3. The minimum Gasteiger partial charge on any atom is -0.392 e. The van der Waals surface area contributed by atoms with Crippen LogP contribution in [0, 0.1) is 0 Å². The zero-order chi connectivity index (χ0) is 16.1. The van der Waals surface area contributed by atoms with Gasteiger partial charge in [0.25, 0.3) is 0 Å². The number of hydrogen-bond acceptors (Lipinski definition) is 2. The Kier molecular flexibility index (Phi) is 4.54. The third-order valence-electron chi connectivity index (χ3n) is 3.76. The standard InChI is InChI=1S/C19H18N2O2/c22-13-16-17(12-11-14-7-3-1-4-8-14)20-19(23)21-18(16)15-9-5-2-6-10-15/h1-12,18,22H,13H2,(H2,20,21,23)/b12-11+. The molecule has 4 heteroatoms. The third-order valence-corrected chi connectivity index (χ3v) is 3.76. The van der Waals surface area contributed by atoms with E-state index in [0.29, 0.717) is 5.70 Å². The summed E-state index contributed by atoms with van der Waals surface area (Å²) in [5.41, 5.74) is 3.34. The Morgan fingerprint density at radius 1 is 0.957 bits per heavy atom. The van der Waals surface area contributed by atoms with Gasteiger partial charge < -0.3 is 15.7 Å². The zero-order valence-corrected chi connectivity index (χ0v) is 12.6. The van der Waals surface area contributed by atoms with E-state index in [2.05, 4.69) is 10.6 Å². The van der Waals surface area contributed by atoms with Crippen LogP contribution in [0.25, 0.3) is 6.08 Å². The van der Waals surface area contributed by atoms with Crippen molar-refractivity contribution >= 4 is 12.1 Å². The lowest BCUT2D eigenvalue weighted by Crippen LogP contribution is -2.44. The van der Waals surface area contributed by atoms with Crippen LogP contribution in [-0.4, -0.2) is 17.7 Å². The predicted molar refractivity (Wildman–Crippen MR) is 90.4 cm³/mol. The van der Waals surface area contributed by atoms with Gasteiger partial charge in [-0.05, 0) is 17.2 Å². The molecule has 0 bridgehead atoms. The number of aliphatic hydroxyl groups excluding tert-OH is 1. The summed E-state index contributed by atoms with van der Waals surface area (Å²) in [6, 6.07) is 18.8. The van der Waals surface area contributed by atoms with Crippen molar-refractivity contribution in [3.8, 4) is 0 Å². The molecule has 0 saturated carbocycles. The molecule has 2 aromatic carbocycles. The molecule has 1 unspecified atom stereocenters. The smallest absolute Gasteiger partial charge is 0.319 e. The summed E-state index contributed by atoms with van der Waals surface area (Å²) in [5.74, 6) is 0. The van der Waals surface area contributed by atoms with Crippen LogP contribution in [0.3, 0.4) is 0 Å². The van der Waals surface area contributed by atoms with Crippen LogP contribution in [0.5, 0.6) is 0 Å². The van der Waals surface area contributed by atoms with Gasteiger partial charge in [0, 0.05) is 11.3 Å².